The summed E-state index contributed by atoms with van der Waals surface area (Å²) < 4.78 is 14.1. The molecule has 0 atom stereocenters. The van der Waals surface area contributed by atoms with Crippen molar-refractivity contribution in [1.82, 2.24) is 0 Å². The van der Waals surface area contributed by atoms with Crippen molar-refractivity contribution < 1.29 is 19.0 Å². The van der Waals surface area contributed by atoms with Gasteiger partial charge in [-0.1, -0.05) is 0 Å². The van der Waals surface area contributed by atoms with Crippen LogP contribution in [0.3, 0.4) is 0 Å². The van der Waals surface area contributed by atoms with E-state index in [0.29, 0.717) is 13.2 Å². The summed E-state index contributed by atoms with van der Waals surface area (Å²) in [5.41, 5.74) is 0. The molecular weight excluding hydrogens is 148 g/mol. The molecule has 0 bridgehead atoms. The summed E-state index contributed by atoms with van der Waals surface area (Å²) in [6.45, 7) is 4.35. The van der Waals surface area contributed by atoms with Crippen LogP contribution in [-0.4, -0.2) is 39.5 Å². The minimum absolute atomic E-state index is 0.0289. The highest BCUT2D eigenvalue weighted by atomic mass is 16.6. The molecule has 0 saturated heterocycles. The van der Waals surface area contributed by atoms with Crippen molar-refractivity contribution >= 4 is 5.97 Å². The molecule has 4 nitrogen and oxygen atoms in total. The summed E-state index contributed by atoms with van der Waals surface area (Å²) >= 11 is 0. The highest BCUT2D eigenvalue weighted by Crippen LogP contribution is 1.80. The summed E-state index contributed by atoms with van der Waals surface area (Å²) in [7, 11) is 1.57. The van der Waals surface area contributed by atoms with Crippen LogP contribution in [0.2, 0.25) is 0 Å². The summed E-state index contributed by atoms with van der Waals surface area (Å²) in [6, 6.07) is 0. The number of carbonyl (C=O) groups is 1. The molecule has 65 valence electrons. The van der Waals surface area contributed by atoms with E-state index in [4.69, 9.17) is 9.47 Å². The Morgan fingerprint density at radius 3 is 2.73 bits per heavy atom. The zero-order chi connectivity index (χ0) is 8.53. The molecule has 11 heavy (non-hydrogen) atoms. The maximum atomic E-state index is 10.6. The fourth-order valence-corrected chi connectivity index (χ4v) is 0.453. The van der Waals surface area contributed by atoms with Crippen molar-refractivity contribution in [2.24, 2.45) is 0 Å². The molecule has 0 rings (SSSR count). The van der Waals surface area contributed by atoms with Gasteiger partial charge in [-0.25, -0.2) is 4.79 Å². The lowest BCUT2D eigenvalue weighted by Gasteiger charge is -2.02. The van der Waals surface area contributed by atoms with Gasteiger partial charge in [0.15, 0.2) is 0 Å². The topological polar surface area (TPSA) is 44.8 Å². The van der Waals surface area contributed by atoms with E-state index in [0.717, 1.165) is 0 Å². The fraction of sp³-hybridized carbons (Fsp3) is 0.714. The van der Waals surface area contributed by atoms with Gasteiger partial charge in [0.05, 0.1) is 19.8 Å². The van der Waals surface area contributed by atoms with E-state index in [2.05, 4.69) is 11.7 Å². The van der Waals surface area contributed by atoms with Gasteiger partial charge in [-0.3, -0.25) is 0 Å². The first-order valence-corrected chi connectivity index (χ1v) is 3.32. The molecule has 0 aromatic rings. The molecule has 0 aromatic carbocycles. The second-order valence-corrected chi connectivity index (χ2v) is 1.77. The number of methoxy groups -OCH3 is 1. The number of carbonyl (C=O) groups excluding carboxylic acids is 1. The van der Waals surface area contributed by atoms with Gasteiger partial charge < -0.3 is 14.2 Å². The second kappa shape index (κ2) is 7.50. The summed E-state index contributed by atoms with van der Waals surface area (Å²) in [5.74, 6) is -0.392. The Morgan fingerprint density at radius 1 is 1.45 bits per heavy atom. The maximum Gasteiger partial charge on any atom is 0.332 e. The molecule has 0 saturated carbocycles. The van der Waals surface area contributed by atoms with Gasteiger partial charge in [-0.15, -0.1) is 0 Å². The first-order valence-electron chi connectivity index (χ1n) is 3.32. The monoisotopic (exact) mass is 161 g/mol. The summed E-state index contributed by atoms with van der Waals surface area (Å²) in [5, 5.41) is 0. The van der Waals surface area contributed by atoms with Crippen LogP contribution in [0.4, 0.5) is 0 Å². The molecule has 0 N–H and O–H groups in total. The molecule has 0 heterocycles. The van der Waals surface area contributed by atoms with Crippen LogP contribution in [0.15, 0.2) is 0 Å². The van der Waals surface area contributed by atoms with E-state index < -0.39 is 5.97 Å². The minimum atomic E-state index is -0.392. The van der Waals surface area contributed by atoms with Gasteiger partial charge in [0, 0.05) is 7.11 Å². The largest absolute Gasteiger partial charge is 0.464 e. The van der Waals surface area contributed by atoms with Gasteiger partial charge in [-0.05, 0) is 6.92 Å². The zero-order valence-corrected chi connectivity index (χ0v) is 6.67. The number of ether oxygens (including phenoxy) is 3. The van der Waals surface area contributed by atoms with Crippen molar-refractivity contribution in [3.8, 4) is 0 Å². The van der Waals surface area contributed by atoms with E-state index in [1.807, 2.05) is 0 Å². The Morgan fingerprint density at radius 2 is 2.18 bits per heavy atom. The lowest BCUT2D eigenvalue weighted by atomic mass is 10.7. The van der Waals surface area contributed by atoms with Crippen molar-refractivity contribution in [1.29, 1.82) is 0 Å². The molecule has 4 heteroatoms. The Kier molecular flexibility index (Phi) is 7.08. The van der Waals surface area contributed by atoms with E-state index in [1.165, 1.54) is 0 Å². The van der Waals surface area contributed by atoms with Crippen LogP contribution in [0.1, 0.15) is 0 Å². The van der Waals surface area contributed by atoms with Crippen molar-refractivity contribution in [2.45, 2.75) is 0 Å². The van der Waals surface area contributed by atoms with Crippen LogP contribution in [0.5, 0.6) is 0 Å². The van der Waals surface area contributed by atoms with Crippen LogP contribution in [0.25, 0.3) is 0 Å². The number of hydrogen-bond donors (Lipinski definition) is 0. The van der Waals surface area contributed by atoms with E-state index in [9.17, 15) is 4.79 Å². The SMILES string of the molecule is [CH2]COC(=O)COCCOC. The molecular formula is C7H13O4. The van der Waals surface area contributed by atoms with Gasteiger partial charge in [0.25, 0.3) is 0 Å². The van der Waals surface area contributed by atoms with Gasteiger partial charge >= 0.3 is 5.97 Å². The highest BCUT2D eigenvalue weighted by molar-refractivity contribution is 5.70. The summed E-state index contributed by atoms with van der Waals surface area (Å²) in [6.07, 6.45) is 0. The van der Waals surface area contributed by atoms with Gasteiger partial charge in [0.1, 0.15) is 6.61 Å². The van der Waals surface area contributed by atoms with Crippen molar-refractivity contribution in [3.63, 3.8) is 0 Å². The zero-order valence-electron chi connectivity index (χ0n) is 6.67. The Labute approximate surface area is 66.4 Å². The molecule has 0 amide bonds. The third-order valence-electron chi connectivity index (χ3n) is 0.915. The average Bonchev–Trinajstić information content (AvgIpc) is 1.99. The number of esters is 1. The molecule has 0 aliphatic rings. The van der Waals surface area contributed by atoms with Crippen LogP contribution in [-0.2, 0) is 19.0 Å². The van der Waals surface area contributed by atoms with E-state index in [-0.39, 0.29) is 13.2 Å². The first kappa shape index (κ1) is 10.4. The maximum absolute atomic E-state index is 10.6. The predicted molar refractivity (Wildman–Crippen MR) is 39.0 cm³/mol. The van der Waals surface area contributed by atoms with Crippen molar-refractivity contribution in [2.75, 3.05) is 33.5 Å². The molecule has 0 unspecified atom stereocenters. The van der Waals surface area contributed by atoms with Crippen LogP contribution in [0, 0.1) is 6.92 Å². The smallest absolute Gasteiger partial charge is 0.332 e. The molecule has 0 aliphatic heterocycles. The van der Waals surface area contributed by atoms with Crippen LogP contribution >= 0.6 is 0 Å². The fourth-order valence-electron chi connectivity index (χ4n) is 0.453. The Bertz CT molecular complexity index is 103. The number of rotatable bonds is 6. The lowest BCUT2D eigenvalue weighted by Crippen LogP contribution is -2.14. The summed E-state index contributed by atoms with van der Waals surface area (Å²) in [4.78, 5) is 10.6. The van der Waals surface area contributed by atoms with Crippen molar-refractivity contribution in [3.05, 3.63) is 6.92 Å². The van der Waals surface area contributed by atoms with Gasteiger partial charge in [-0.2, -0.15) is 0 Å². The quantitative estimate of drug-likeness (QED) is 0.407. The van der Waals surface area contributed by atoms with Crippen LogP contribution < -0.4 is 0 Å². The molecule has 0 aromatic heterocycles. The molecule has 0 aliphatic carbocycles. The predicted octanol–water partition coefficient (Wildman–Crippen LogP) is 0.0267. The molecule has 0 spiro atoms. The Hall–Kier alpha value is -0.610. The Balaban J connectivity index is 3.04. The third kappa shape index (κ3) is 7.29. The minimum Gasteiger partial charge on any atom is -0.464 e. The highest BCUT2D eigenvalue weighted by Gasteiger charge is 1.99. The average molecular weight is 161 g/mol. The van der Waals surface area contributed by atoms with Gasteiger partial charge in [0.2, 0.25) is 0 Å². The second-order valence-electron chi connectivity index (χ2n) is 1.77. The first-order chi connectivity index (χ1) is 5.31. The van der Waals surface area contributed by atoms with E-state index >= 15 is 0 Å². The normalized spacial score (nSPS) is 9.64. The third-order valence-corrected chi connectivity index (χ3v) is 0.915. The standard InChI is InChI=1S/C7H13O4/c1-3-11-7(8)6-10-5-4-9-2/h1,3-6H2,2H3. The number of hydrogen-bond acceptors (Lipinski definition) is 4. The molecule has 0 fully saturated rings. The molecule has 1 radical (unpaired) electrons. The lowest BCUT2D eigenvalue weighted by molar-refractivity contribution is -0.148. The van der Waals surface area contributed by atoms with E-state index in [1.54, 1.807) is 7.11 Å².